The van der Waals surface area contributed by atoms with Crippen molar-refractivity contribution in [1.82, 2.24) is 15.0 Å². The van der Waals surface area contributed by atoms with Gasteiger partial charge in [-0.3, -0.25) is 9.78 Å². The fraction of sp³-hybridized carbons (Fsp3) is 0.450. The summed E-state index contributed by atoms with van der Waals surface area (Å²) < 4.78 is 9.49. The molecule has 0 saturated carbocycles. The van der Waals surface area contributed by atoms with E-state index in [-0.39, 0.29) is 43.5 Å². The van der Waals surface area contributed by atoms with Crippen LogP contribution in [0.2, 0.25) is 0 Å². The van der Waals surface area contributed by atoms with Gasteiger partial charge in [-0.2, -0.15) is 0 Å². The van der Waals surface area contributed by atoms with E-state index in [2.05, 4.69) is 63.0 Å². The van der Waals surface area contributed by atoms with Crippen LogP contribution in [0.5, 0.6) is 0 Å². The molecular formula is C40H48IrN3O3S2-. The second-order valence-corrected chi connectivity index (χ2v) is 15.4. The Balaban J connectivity index is 0.000000290. The summed E-state index contributed by atoms with van der Waals surface area (Å²) in [5, 5.41) is 12.1. The van der Waals surface area contributed by atoms with Gasteiger partial charge in [0.2, 0.25) is 0 Å². The quantitative estimate of drug-likeness (QED) is 0.0792. The minimum absolute atomic E-state index is 0. The van der Waals surface area contributed by atoms with E-state index < -0.39 is 0 Å². The molecule has 0 fully saturated rings. The molecule has 9 heteroatoms. The molecule has 4 heterocycles. The van der Waals surface area contributed by atoms with Gasteiger partial charge in [-0.05, 0) is 59.6 Å². The molecule has 0 saturated heterocycles. The number of fused-ring (bicyclic) bond motifs is 6. The molecule has 6 aromatic rings. The van der Waals surface area contributed by atoms with Gasteiger partial charge in [0.1, 0.15) is 11.9 Å². The van der Waals surface area contributed by atoms with Crippen LogP contribution in [0, 0.1) is 30.7 Å². The molecule has 0 atom stereocenters. The second kappa shape index (κ2) is 16.8. The van der Waals surface area contributed by atoms with Crippen LogP contribution in [0.15, 0.2) is 46.8 Å². The van der Waals surface area contributed by atoms with Crippen molar-refractivity contribution in [2.75, 3.05) is 0 Å². The van der Waals surface area contributed by atoms with E-state index in [9.17, 15) is 9.90 Å². The number of hydrogen-bond acceptors (Lipinski definition) is 8. The first-order valence-corrected chi connectivity index (χ1v) is 19.0. The minimum atomic E-state index is 0. The Kier molecular flexibility index (Phi) is 13.3. The molecule has 0 unspecified atom stereocenters. The second-order valence-electron chi connectivity index (χ2n) is 13.4. The van der Waals surface area contributed by atoms with E-state index in [4.69, 9.17) is 14.4 Å². The first kappa shape index (κ1) is 38.8. The number of ketones is 1. The summed E-state index contributed by atoms with van der Waals surface area (Å²) in [5.41, 5.74) is 6.51. The molecule has 4 aromatic heterocycles. The van der Waals surface area contributed by atoms with Crippen molar-refractivity contribution in [2.45, 2.75) is 100 Å². The Labute approximate surface area is 311 Å². The molecule has 0 spiro atoms. The van der Waals surface area contributed by atoms with E-state index in [0.29, 0.717) is 17.7 Å². The number of nitrogens with zero attached hydrogens (tertiary/aromatic N) is 3. The zero-order valence-electron chi connectivity index (χ0n) is 30.1. The molecule has 0 aliphatic carbocycles. The number of carbonyl (C=O) groups excluding carboxylic acids is 1. The number of thiophene rings is 2. The van der Waals surface area contributed by atoms with Crippen LogP contribution in [0.4, 0.5) is 0 Å². The molecule has 2 aromatic carbocycles. The molecule has 263 valence electrons. The fourth-order valence-corrected chi connectivity index (χ4v) is 8.79. The summed E-state index contributed by atoms with van der Waals surface area (Å²) >= 11 is 3.45. The van der Waals surface area contributed by atoms with Gasteiger partial charge in [-0.1, -0.05) is 73.6 Å². The van der Waals surface area contributed by atoms with Crippen LogP contribution in [0.25, 0.3) is 52.1 Å². The summed E-state index contributed by atoms with van der Waals surface area (Å²) in [7, 11) is 0. The maximum absolute atomic E-state index is 11.7. The number of rotatable bonds is 11. The Morgan fingerprint density at radius 2 is 1.67 bits per heavy atom. The minimum Gasteiger partial charge on any atom is -0.512 e. The number of aliphatic hydroxyl groups is 1. The van der Waals surface area contributed by atoms with E-state index in [1.54, 1.807) is 17.7 Å². The predicted molar refractivity (Wildman–Crippen MR) is 203 cm³/mol. The van der Waals surface area contributed by atoms with Crippen molar-refractivity contribution >= 4 is 69.3 Å². The van der Waals surface area contributed by atoms with Gasteiger partial charge in [0.05, 0.1) is 11.3 Å². The Hall–Kier alpha value is -2.97. The Bertz CT molecular complexity index is 2080. The third-order valence-corrected chi connectivity index (χ3v) is 11.4. The van der Waals surface area contributed by atoms with E-state index in [0.717, 1.165) is 74.1 Å². The van der Waals surface area contributed by atoms with E-state index in [1.165, 1.54) is 27.3 Å². The smallest absolute Gasteiger partial charge is 0.191 e. The maximum Gasteiger partial charge on any atom is 0.191 e. The van der Waals surface area contributed by atoms with Crippen molar-refractivity contribution in [3.8, 4) is 11.3 Å². The van der Waals surface area contributed by atoms with Crippen molar-refractivity contribution < 1.29 is 34.4 Å². The largest absolute Gasteiger partial charge is 0.512 e. The number of oxazole rings is 1. The summed E-state index contributed by atoms with van der Waals surface area (Å²) in [6.07, 6.45) is 7.66. The Morgan fingerprint density at radius 1 is 0.980 bits per heavy atom. The molecule has 1 N–H and O–H groups in total. The number of aryl methyl sites for hydroxylation is 1. The first-order chi connectivity index (χ1) is 23.0. The maximum atomic E-state index is 11.7. The zero-order valence-corrected chi connectivity index (χ0v) is 34.1. The number of aromatic nitrogens is 3. The van der Waals surface area contributed by atoms with Gasteiger partial charge in [0.15, 0.2) is 16.5 Å². The third-order valence-electron chi connectivity index (χ3n) is 9.14. The molecule has 0 amide bonds. The average molecular weight is 875 g/mol. The average Bonchev–Trinajstić information content (AvgIpc) is 3.72. The summed E-state index contributed by atoms with van der Waals surface area (Å²) in [6.45, 7) is 18.9. The van der Waals surface area contributed by atoms with Gasteiger partial charge < -0.3 is 9.52 Å². The van der Waals surface area contributed by atoms with Crippen LogP contribution in [0.3, 0.4) is 0 Å². The number of allylic oxidation sites excluding steroid dienone is 2. The number of aliphatic hydroxyl groups excluding tert-OH is 1. The molecule has 49 heavy (non-hydrogen) atoms. The normalized spacial score (nSPS) is 12.2. The van der Waals surface area contributed by atoms with Crippen LogP contribution in [-0.4, -0.2) is 25.8 Å². The predicted octanol–water partition coefficient (Wildman–Crippen LogP) is 12.2. The molecule has 0 aliphatic heterocycles. The van der Waals surface area contributed by atoms with Crippen LogP contribution in [0.1, 0.15) is 104 Å². The molecule has 1 radical (unpaired) electrons. The molecule has 6 nitrogen and oxygen atoms in total. The van der Waals surface area contributed by atoms with Crippen molar-refractivity contribution in [3.63, 3.8) is 0 Å². The molecule has 6 rings (SSSR count). The van der Waals surface area contributed by atoms with Gasteiger partial charge >= 0.3 is 0 Å². The summed E-state index contributed by atoms with van der Waals surface area (Å²) in [5.74, 6) is 2.19. The standard InChI is InChI=1S/C27H24N3OS2.C13H24O2.Ir/c1-13(2)9-16-7-6-8-18-23-26(33-25(16)18)22(28-12-29-23)17-10-19(14(3)4)21-20(11-17)32-27-24(21)31-15(5)30-27;1-5-10(6-2)12(14)9-13(15)11(7-3)8-4;/h6-8,10,12-14H,9H2,1-5H3;9-11,14H,5-8H2,1-4H3;/q-1;;/b;12-9-;. The topological polar surface area (TPSA) is 89.1 Å². The zero-order chi connectivity index (χ0) is 34.7. The summed E-state index contributed by atoms with van der Waals surface area (Å²) in [6, 6.07) is 12.5. The molecule has 0 aliphatic rings. The van der Waals surface area contributed by atoms with Crippen LogP contribution < -0.4 is 0 Å². The van der Waals surface area contributed by atoms with Crippen molar-refractivity contribution in [1.29, 1.82) is 0 Å². The first-order valence-electron chi connectivity index (χ1n) is 17.4. The van der Waals surface area contributed by atoms with Gasteiger partial charge in [0, 0.05) is 65.4 Å². The van der Waals surface area contributed by atoms with Crippen molar-refractivity contribution in [2.24, 2.45) is 17.8 Å². The van der Waals surface area contributed by atoms with E-state index in [1.807, 2.05) is 46.0 Å². The third kappa shape index (κ3) is 8.17. The number of benzene rings is 2. The molecular weight excluding hydrogens is 827 g/mol. The van der Waals surface area contributed by atoms with Crippen molar-refractivity contribution in [3.05, 3.63) is 65.5 Å². The van der Waals surface area contributed by atoms with Gasteiger partial charge in [-0.25, -0.2) is 9.97 Å². The van der Waals surface area contributed by atoms with Gasteiger partial charge in [0.25, 0.3) is 0 Å². The summed E-state index contributed by atoms with van der Waals surface area (Å²) in [4.78, 5) is 26.7. The SMILES string of the molecule is CCC(CC)C(=O)/C=C(\O)C(CC)CC.Cc1nc2sc3[c-]c(-c4ncnc5c4sc4c(CC(C)C)cccc45)cc(C(C)C)c3c2o1.[Ir]. The van der Waals surface area contributed by atoms with E-state index >= 15 is 0 Å². The van der Waals surface area contributed by atoms with Gasteiger partial charge in [-0.15, -0.1) is 45.9 Å². The molecule has 0 bridgehead atoms. The monoisotopic (exact) mass is 875 g/mol. The van der Waals surface area contributed by atoms with Crippen LogP contribution in [-0.2, 0) is 31.3 Å². The van der Waals surface area contributed by atoms with Crippen LogP contribution >= 0.6 is 22.7 Å². The number of carbonyl (C=O) groups is 1. The number of hydrogen-bond donors (Lipinski definition) is 1. The Morgan fingerprint density at radius 3 is 2.31 bits per heavy atom. The fourth-order valence-electron chi connectivity index (χ4n) is 6.43.